The van der Waals surface area contributed by atoms with Crippen LogP contribution in [0.2, 0.25) is 0 Å². The van der Waals surface area contributed by atoms with Gasteiger partial charge in [0.15, 0.2) is 0 Å². The van der Waals surface area contributed by atoms with E-state index in [0.29, 0.717) is 33.7 Å². The summed E-state index contributed by atoms with van der Waals surface area (Å²) < 4.78 is 47.4. The molecule has 3 aromatic heterocycles. The summed E-state index contributed by atoms with van der Waals surface area (Å²) in [7, 11) is 1.82. The van der Waals surface area contributed by atoms with E-state index in [1.165, 1.54) is 23.0 Å². The number of nitrogens with zero attached hydrogens (tertiary/aromatic N) is 5. The van der Waals surface area contributed by atoms with Crippen LogP contribution in [-0.2, 0) is 19.8 Å². The molecule has 3 heterocycles. The van der Waals surface area contributed by atoms with Gasteiger partial charge in [-0.25, -0.2) is 4.98 Å². The van der Waals surface area contributed by atoms with Crippen molar-refractivity contribution in [2.45, 2.75) is 12.7 Å². The molecule has 0 radical (unpaired) electrons. The summed E-state index contributed by atoms with van der Waals surface area (Å²) in [6, 6.07) is 13.1. The Morgan fingerprint density at radius 3 is 2.46 bits per heavy atom. The van der Waals surface area contributed by atoms with E-state index < -0.39 is 11.7 Å². The van der Waals surface area contributed by atoms with Crippen LogP contribution in [-0.4, -0.2) is 24.3 Å². The minimum atomic E-state index is -4.41. The molecule has 0 aliphatic rings. The van der Waals surface area contributed by atoms with E-state index in [2.05, 4.69) is 15.1 Å². The molecule has 5 rings (SSSR count). The molecule has 176 valence electrons. The maximum absolute atomic E-state index is 13.1. The standard InChI is InChI=1S/C25H18F3N5O2/c1-32-14-17(12-31-32)23-11-20(8-9-29-23)35-19-6-7-22-21(10-19)24(34)33(15-30-22)13-16-2-4-18(5-3-16)25(26,27)28/h2-12,14-15H,13H2,1H3. The molecule has 0 bridgehead atoms. The van der Waals surface area contributed by atoms with E-state index in [9.17, 15) is 18.0 Å². The van der Waals surface area contributed by atoms with Gasteiger partial charge >= 0.3 is 6.18 Å². The van der Waals surface area contributed by atoms with Gasteiger partial charge in [-0.05, 0) is 42.0 Å². The summed E-state index contributed by atoms with van der Waals surface area (Å²) in [5.41, 5.74) is 1.50. The van der Waals surface area contributed by atoms with Gasteiger partial charge in [-0.15, -0.1) is 0 Å². The normalized spacial score (nSPS) is 11.7. The smallest absolute Gasteiger partial charge is 0.416 e. The van der Waals surface area contributed by atoms with Crippen molar-refractivity contribution >= 4 is 10.9 Å². The lowest BCUT2D eigenvalue weighted by Crippen LogP contribution is -2.21. The van der Waals surface area contributed by atoms with Gasteiger partial charge in [-0.3, -0.25) is 19.0 Å². The van der Waals surface area contributed by atoms with Crippen molar-refractivity contribution in [3.63, 3.8) is 0 Å². The zero-order valence-electron chi connectivity index (χ0n) is 18.4. The number of rotatable bonds is 5. The average Bonchev–Trinajstić information content (AvgIpc) is 3.27. The summed E-state index contributed by atoms with van der Waals surface area (Å²) in [5, 5.41) is 4.48. The van der Waals surface area contributed by atoms with Gasteiger partial charge in [0.2, 0.25) is 0 Å². The fourth-order valence-corrected chi connectivity index (χ4v) is 3.63. The number of hydrogen-bond acceptors (Lipinski definition) is 5. The summed E-state index contributed by atoms with van der Waals surface area (Å²) >= 11 is 0. The maximum atomic E-state index is 13.1. The number of ether oxygens (including phenoxy) is 1. The first-order valence-corrected chi connectivity index (χ1v) is 10.5. The lowest BCUT2D eigenvalue weighted by molar-refractivity contribution is -0.137. The van der Waals surface area contributed by atoms with E-state index >= 15 is 0 Å². The molecule has 0 fully saturated rings. The van der Waals surface area contributed by atoms with Crippen LogP contribution < -0.4 is 10.3 Å². The molecule has 0 saturated heterocycles. The van der Waals surface area contributed by atoms with E-state index in [-0.39, 0.29) is 12.1 Å². The van der Waals surface area contributed by atoms with E-state index in [1.54, 1.807) is 47.4 Å². The number of benzene rings is 2. The van der Waals surface area contributed by atoms with Gasteiger partial charge in [-0.1, -0.05) is 12.1 Å². The van der Waals surface area contributed by atoms with E-state index in [4.69, 9.17) is 4.74 Å². The predicted octanol–water partition coefficient (Wildman–Crippen LogP) is 5.05. The summed E-state index contributed by atoms with van der Waals surface area (Å²) in [6.07, 6.45) is 2.13. The molecule has 7 nitrogen and oxygen atoms in total. The number of pyridine rings is 1. The molecule has 35 heavy (non-hydrogen) atoms. The Labute approximate surface area is 197 Å². The van der Waals surface area contributed by atoms with Gasteiger partial charge in [0.05, 0.1) is 41.2 Å². The summed E-state index contributed by atoms with van der Waals surface area (Å²) in [5.74, 6) is 0.971. The number of aryl methyl sites for hydroxylation is 1. The van der Waals surface area contributed by atoms with Crippen molar-refractivity contribution in [1.29, 1.82) is 0 Å². The monoisotopic (exact) mass is 477 g/mol. The molecule has 0 amide bonds. The van der Waals surface area contributed by atoms with Crippen LogP contribution in [0.15, 0.2) is 84.3 Å². The third kappa shape index (κ3) is 4.77. The number of halogens is 3. The van der Waals surface area contributed by atoms with Gasteiger partial charge in [0.25, 0.3) is 5.56 Å². The Morgan fingerprint density at radius 1 is 0.971 bits per heavy atom. The minimum Gasteiger partial charge on any atom is -0.457 e. The Hall–Kier alpha value is -4.47. The van der Waals surface area contributed by atoms with E-state index in [1.807, 2.05) is 13.2 Å². The van der Waals surface area contributed by atoms with Crippen molar-refractivity contribution in [2.24, 2.45) is 7.05 Å². The quantitative estimate of drug-likeness (QED) is 0.354. The van der Waals surface area contributed by atoms with Crippen LogP contribution in [0.5, 0.6) is 11.5 Å². The second-order valence-electron chi connectivity index (χ2n) is 7.93. The third-order valence-corrected chi connectivity index (χ3v) is 5.40. The van der Waals surface area contributed by atoms with Crippen molar-refractivity contribution in [3.05, 3.63) is 101 Å². The van der Waals surface area contributed by atoms with Crippen LogP contribution in [0.1, 0.15) is 11.1 Å². The van der Waals surface area contributed by atoms with Gasteiger partial charge < -0.3 is 4.74 Å². The summed E-state index contributed by atoms with van der Waals surface area (Å²) in [6.45, 7) is 0.0871. The molecule has 2 aromatic carbocycles. The molecule has 0 unspecified atom stereocenters. The first kappa shape index (κ1) is 22.3. The molecule has 5 aromatic rings. The number of fused-ring (bicyclic) bond motifs is 1. The fraction of sp³-hybridized carbons (Fsp3) is 0.120. The van der Waals surface area contributed by atoms with Crippen LogP contribution in [0.4, 0.5) is 13.2 Å². The zero-order valence-corrected chi connectivity index (χ0v) is 18.4. The highest BCUT2D eigenvalue weighted by Gasteiger charge is 2.29. The lowest BCUT2D eigenvalue weighted by atomic mass is 10.1. The largest absolute Gasteiger partial charge is 0.457 e. The van der Waals surface area contributed by atoms with Crippen molar-refractivity contribution in [3.8, 4) is 22.8 Å². The Balaban J connectivity index is 1.41. The second kappa shape index (κ2) is 8.71. The highest BCUT2D eigenvalue weighted by Crippen LogP contribution is 2.29. The molecule has 0 aliphatic carbocycles. The molecule has 0 spiro atoms. The third-order valence-electron chi connectivity index (χ3n) is 5.40. The van der Waals surface area contributed by atoms with Crippen LogP contribution in [0.3, 0.4) is 0 Å². The SMILES string of the molecule is Cn1cc(-c2cc(Oc3ccc4ncn(Cc5ccc(C(F)(F)F)cc5)c(=O)c4c3)ccn2)cn1. The first-order chi connectivity index (χ1) is 16.8. The molecular weight excluding hydrogens is 459 g/mol. The topological polar surface area (TPSA) is 74.8 Å². The highest BCUT2D eigenvalue weighted by molar-refractivity contribution is 5.79. The molecule has 0 atom stereocenters. The van der Waals surface area contributed by atoms with Crippen molar-refractivity contribution in [2.75, 3.05) is 0 Å². The number of aromatic nitrogens is 5. The maximum Gasteiger partial charge on any atom is 0.416 e. The van der Waals surface area contributed by atoms with Crippen LogP contribution in [0, 0.1) is 0 Å². The predicted molar refractivity (Wildman–Crippen MR) is 123 cm³/mol. The molecule has 0 saturated carbocycles. The van der Waals surface area contributed by atoms with Gasteiger partial charge in [0.1, 0.15) is 11.5 Å². The number of alkyl halides is 3. The molecule has 0 aliphatic heterocycles. The second-order valence-corrected chi connectivity index (χ2v) is 7.93. The number of hydrogen-bond donors (Lipinski definition) is 0. The Kier molecular flexibility index (Phi) is 5.56. The lowest BCUT2D eigenvalue weighted by Gasteiger charge is -2.10. The van der Waals surface area contributed by atoms with Gasteiger partial charge in [-0.2, -0.15) is 18.3 Å². The van der Waals surface area contributed by atoms with Gasteiger partial charge in [0, 0.05) is 31.1 Å². The van der Waals surface area contributed by atoms with Crippen molar-refractivity contribution in [1.82, 2.24) is 24.3 Å². The molecule has 0 N–H and O–H groups in total. The Bertz CT molecular complexity index is 1570. The van der Waals surface area contributed by atoms with E-state index in [0.717, 1.165) is 17.7 Å². The highest BCUT2D eigenvalue weighted by atomic mass is 19.4. The average molecular weight is 477 g/mol. The minimum absolute atomic E-state index is 0.0871. The van der Waals surface area contributed by atoms with Crippen molar-refractivity contribution < 1.29 is 17.9 Å². The fourth-order valence-electron chi connectivity index (χ4n) is 3.63. The Morgan fingerprint density at radius 2 is 1.74 bits per heavy atom. The first-order valence-electron chi connectivity index (χ1n) is 10.5. The van der Waals surface area contributed by atoms with Crippen LogP contribution >= 0.6 is 0 Å². The molecule has 10 heteroatoms. The summed E-state index contributed by atoms with van der Waals surface area (Å²) in [4.78, 5) is 21.7. The van der Waals surface area contributed by atoms with Crippen LogP contribution in [0.25, 0.3) is 22.2 Å². The molecular formula is C25H18F3N5O2. The zero-order chi connectivity index (χ0) is 24.6.